The summed E-state index contributed by atoms with van der Waals surface area (Å²) in [4.78, 5) is 11.9. The van der Waals surface area contributed by atoms with Gasteiger partial charge in [0.1, 0.15) is 0 Å². The second kappa shape index (κ2) is 7.93. The van der Waals surface area contributed by atoms with E-state index in [1.807, 2.05) is 6.92 Å². The number of amides is 1. The first-order valence-corrected chi connectivity index (χ1v) is 6.51. The van der Waals surface area contributed by atoms with Gasteiger partial charge in [0.25, 0.3) is 0 Å². The van der Waals surface area contributed by atoms with Gasteiger partial charge in [-0.25, -0.2) is 0 Å². The maximum Gasteiger partial charge on any atom is 0.223 e. The van der Waals surface area contributed by atoms with Crippen molar-refractivity contribution in [2.24, 2.45) is 17.8 Å². The Bertz CT molecular complexity index is 229. The molecule has 0 radical (unpaired) electrons. The smallest absolute Gasteiger partial charge is 0.223 e. The highest BCUT2D eigenvalue weighted by Crippen LogP contribution is 2.16. The van der Waals surface area contributed by atoms with Crippen LogP contribution in [-0.4, -0.2) is 25.0 Å². The van der Waals surface area contributed by atoms with Gasteiger partial charge in [-0.3, -0.25) is 4.79 Å². The number of carbonyl (C=O) groups is 1. The minimum absolute atomic E-state index is 0. The fourth-order valence-corrected chi connectivity index (χ4v) is 1.91. The van der Waals surface area contributed by atoms with Crippen LogP contribution >= 0.6 is 12.4 Å². The van der Waals surface area contributed by atoms with Crippen molar-refractivity contribution < 1.29 is 4.79 Å². The highest BCUT2D eigenvalue weighted by molar-refractivity contribution is 5.85. The molecular formula is C13H27ClN2O. The van der Waals surface area contributed by atoms with Crippen molar-refractivity contribution in [1.29, 1.82) is 0 Å². The van der Waals surface area contributed by atoms with Crippen LogP contribution in [0.1, 0.15) is 40.5 Å². The number of hydrogen-bond acceptors (Lipinski definition) is 2. The third-order valence-corrected chi connectivity index (χ3v) is 3.50. The summed E-state index contributed by atoms with van der Waals surface area (Å²) in [6.45, 7) is 10.6. The van der Waals surface area contributed by atoms with E-state index < -0.39 is 0 Å². The molecule has 2 atom stereocenters. The molecule has 1 heterocycles. The second-order valence-electron chi connectivity index (χ2n) is 5.59. The molecule has 0 aromatic heterocycles. The van der Waals surface area contributed by atoms with Crippen molar-refractivity contribution in [3.05, 3.63) is 0 Å². The van der Waals surface area contributed by atoms with Gasteiger partial charge < -0.3 is 10.6 Å². The van der Waals surface area contributed by atoms with E-state index in [1.165, 1.54) is 6.42 Å². The molecule has 1 amide bonds. The Labute approximate surface area is 112 Å². The maximum absolute atomic E-state index is 11.9. The molecule has 4 heteroatoms. The van der Waals surface area contributed by atoms with Crippen molar-refractivity contribution >= 4 is 18.3 Å². The van der Waals surface area contributed by atoms with Gasteiger partial charge in [-0.1, -0.05) is 20.8 Å². The lowest BCUT2D eigenvalue weighted by atomic mass is 9.88. The summed E-state index contributed by atoms with van der Waals surface area (Å²) < 4.78 is 0. The Morgan fingerprint density at radius 3 is 2.24 bits per heavy atom. The first kappa shape index (κ1) is 16.7. The van der Waals surface area contributed by atoms with E-state index in [-0.39, 0.29) is 24.2 Å². The predicted molar refractivity (Wildman–Crippen MR) is 74.4 cm³/mol. The molecule has 1 fully saturated rings. The summed E-state index contributed by atoms with van der Waals surface area (Å²) in [5, 5.41) is 6.33. The minimum Gasteiger partial charge on any atom is -0.353 e. The second-order valence-corrected chi connectivity index (χ2v) is 5.59. The molecule has 2 unspecified atom stereocenters. The SMILES string of the molecule is CC(C)CCC(C)NC(=O)C(C)C1CNC1.Cl. The van der Waals surface area contributed by atoms with Crippen LogP contribution in [0, 0.1) is 17.8 Å². The first-order chi connectivity index (χ1) is 7.50. The lowest BCUT2D eigenvalue weighted by molar-refractivity contribution is -0.127. The van der Waals surface area contributed by atoms with Gasteiger partial charge in [0.15, 0.2) is 0 Å². The van der Waals surface area contributed by atoms with Crippen LogP contribution in [0.5, 0.6) is 0 Å². The zero-order valence-electron chi connectivity index (χ0n) is 11.5. The summed E-state index contributed by atoms with van der Waals surface area (Å²) in [7, 11) is 0. The molecule has 0 aliphatic carbocycles. The van der Waals surface area contributed by atoms with E-state index in [0.29, 0.717) is 17.9 Å². The van der Waals surface area contributed by atoms with E-state index >= 15 is 0 Å². The lowest BCUT2D eigenvalue weighted by Gasteiger charge is -2.32. The van der Waals surface area contributed by atoms with Gasteiger partial charge in [0.2, 0.25) is 5.91 Å². The number of carbonyl (C=O) groups excluding carboxylic acids is 1. The van der Waals surface area contributed by atoms with Crippen molar-refractivity contribution in [2.45, 2.75) is 46.6 Å². The summed E-state index contributed by atoms with van der Waals surface area (Å²) in [6.07, 6.45) is 2.26. The summed E-state index contributed by atoms with van der Waals surface area (Å²) in [5.74, 6) is 1.63. The lowest BCUT2D eigenvalue weighted by Crippen LogP contribution is -2.50. The zero-order valence-corrected chi connectivity index (χ0v) is 12.3. The fraction of sp³-hybridized carbons (Fsp3) is 0.923. The molecule has 2 N–H and O–H groups in total. The van der Waals surface area contributed by atoms with Crippen LogP contribution in [0.3, 0.4) is 0 Å². The Hall–Kier alpha value is -0.280. The number of nitrogens with one attached hydrogen (secondary N) is 2. The predicted octanol–water partition coefficient (Wildman–Crippen LogP) is 2.20. The van der Waals surface area contributed by atoms with E-state index in [2.05, 4.69) is 31.4 Å². The molecule has 102 valence electrons. The summed E-state index contributed by atoms with van der Waals surface area (Å²) in [5.41, 5.74) is 0. The molecular weight excluding hydrogens is 236 g/mol. The van der Waals surface area contributed by atoms with Crippen LogP contribution in [0.2, 0.25) is 0 Å². The van der Waals surface area contributed by atoms with Crippen molar-refractivity contribution in [3.63, 3.8) is 0 Å². The van der Waals surface area contributed by atoms with Gasteiger partial charge in [-0.2, -0.15) is 0 Å². The van der Waals surface area contributed by atoms with Crippen LogP contribution in [0.25, 0.3) is 0 Å². The van der Waals surface area contributed by atoms with Gasteiger partial charge in [0.05, 0.1) is 0 Å². The minimum atomic E-state index is 0. The molecule has 0 aromatic rings. The first-order valence-electron chi connectivity index (χ1n) is 6.51. The van der Waals surface area contributed by atoms with Gasteiger partial charge in [-0.15, -0.1) is 12.4 Å². The van der Waals surface area contributed by atoms with Crippen molar-refractivity contribution in [1.82, 2.24) is 10.6 Å². The standard InChI is InChI=1S/C13H26N2O.ClH/c1-9(2)5-6-10(3)15-13(16)11(4)12-7-14-8-12;/h9-12,14H,5-8H2,1-4H3,(H,15,16);1H. The molecule has 1 saturated heterocycles. The normalized spacial score (nSPS) is 19.1. The third kappa shape index (κ3) is 5.73. The van der Waals surface area contributed by atoms with E-state index in [9.17, 15) is 4.79 Å². The number of rotatable bonds is 6. The average Bonchev–Trinajstić information content (AvgIpc) is 2.11. The van der Waals surface area contributed by atoms with Gasteiger partial charge >= 0.3 is 0 Å². The molecule has 1 aliphatic heterocycles. The Morgan fingerprint density at radius 1 is 1.24 bits per heavy atom. The third-order valence-electron chi connectivity index (χ3n) is 3.50. The fourth-order valence-electron chi connectivity index (χ4n) is 1.91. The Kier molecular flexibility index (Phi) is 7.80. The highest BCUT2D eigenvalue weighted by atomic mass is 35.5. The monoisotopic (exact) mass is 262 g/mol. The maximum atomic E-state index is 11.9. The molecule has 0 saturated carbocycles. The average molecular weight is 263 g/mol. The number of halogens is 1. The van der Waals surface area contributed by atoms with Gasteiger partial charge in [0, 0.05) is 12.0 Å². The van der Waals surface area contributed by atoms with Crippen LogP contribution in [0.4, 0.5) is 0 Å². The van der Waals surface area contributed by atoms with Crippen LogP contribution in [0.15, 0.2) is 0 Å². The largest absolute Gasteiger partial charge is 0.353 e. The molecule has 1 rings (SSSR count). The van der Waals surface area contributed by atoms with Crippen molar-refractivity contribution in [2.75, 3.05) is 13.1 Å². The molecule has 1 aliphatic rings. The summed E-state index contributed by atoms with van der Waals surface area (Å²) in [6, 6.07) is 0.311. The van der Waals surface area contributed by atoms with Crippen LogP contribution < -0.4 is 10.6 Å². The molecule has 0 spiro atoms. The molecule has 3 nitrogen and oxygen atoms in total. The quantitative estimate of drug-likeness (QED) is 0.771. The van der Waals surface area contributed by atoms with Crippen molar-refractivity contribution in [3.8, 4) is 0 Å². The number of hydrogen-bond donors (Lipinski definition) is 2. The van der Waals surface area contributed by atoms with E-state index in [4.69, 9.17) is 0 Å². The zero-order chi connectivity index (χ0) is 12.1. The van der Waals surface area contributed by atoms with E-state index in [0.717, 1.165) is 19.5 Å². The topological polar surface area (TPSA) is 41.1 Å². The molecule has 0 bridgehead atoms. The van der Waals surface area contributed by atoms with E-state index in [1.54, 1.807) is 0 Å². The van der Waals surface area contributed by atoms with Crippen LogP contribution in [-0.2, 0) is 4.79 Å². The highest BCUT2D eigenvalue weighted by Gasteiger charge is 2.29. The Balaban J connectivity index is 0.00000256. The molecule has 0 aromatic carbocycles. The summed E-state index contributed by atoms with van der Waals surface area (Å²) >= 11 is 0. The molecule has 17 heavy (non-hydrogen) atoms. The Morgan fingerprint density at radius 2 is 1.82 bits per heavy atom. The van der Waals surface area contributed by atoms with Gasteiger partial charge in [-0.05, 0) is 44.7 Å².